The zero-order valence-electron chi connectivity index (χ0n) is 13.0. The lowest BCUT2D eigenvalue weighted by molar-refractivity contribution is 0.874. The Morgan fingerprint density at radius 3 is 2.29 bits per heavy atom. The molecule has 24 heavy (non-hydrogen) atoms. The van der Waals surface area contributed by atoms with Crippen LogP contribution >= 0.6 is 23.2 Å². The van der Waals surface area contributed by atoms with Crippen molar-refractivity contribution >= 4 is 39.8 Å². The van der Waals surface area contributed by atoms with E-state index >= 15 is 0 Å². The minimum atomic E-state index is -0.134. The molecule has 0 atom stereocenters. The first-order valence-electron chi connectivity index (χ1n) is 7.69. The van der Waals surface area contributed by atoms with Crippen molar-refractivity contribution in [2.24, 2.45) is 0 Å². The molecule has 0 unspecified atom stereocenters. The Hall–Kier alpha value is -2.04. The first-order valence-corrected chi connectivity index (χ1v) is 8.76. The summed E-state index contributed by atoms with van der Waals surface area (Å²) in [7, 11) is 0. The van der Waals surface area contributed by atoms with Gasteiger partial charge in [-0.15, -0.1) is 23.2 Å². The van der Waals surface area contributed by atoms with Crippen molar-refractivity contribution < 1.29 is 0 Å². The van der Waals surface area contributed by atoms with Crippen molar-refractivity contribution in [1.29, 1.82) is 0 Å². The molecule has 0 amide bonds. The maximum atomic E-state index is 12.2. The summed E-state index contributed by atoms with van der Waals surface area (Å²) in [6, 6.07) is 15.2. The third kappa shape index (κ3) is 3.55. The topological polar surface area (TPSA) is 49.0 Å². The molecule has 0 fully saturated rings. The van der Waals surface area contributed by atoms with Gasteiger partial charge in [-0.3, -0.25) is 4.79 Å². The molecule has 0 saturated heterocycles. The summed E-state index contributed by atoms with van der Waals surface area (Å²) in [4.78, 5) is 21.7. The Labute approximate surface area is 150 Å². The number of alkyl halides is 2. The number of aromatic nitrogens is 2. The third-order valence-corrected chi connectivity index (χ3v) is 4.17. The van der Waals surface area contributed by atoms with Crippen LogP contribution in [0.2, 0.25) is 0 Å². The molecule has 3 rings (SSSR count). The van der Waals surface area contributed by atoms with E-state index < -0.39 is 0 Å². The van der Waals surface area contributed by atoms with Crippen molar-refractivity contribution in [2.75, 3.05) is 29.7 Å². The molecule has 0 radical (unpaired) electrons. The van der Waals surface area contributed by atoms with Crippen molar-refractivity contribution in [2.45, 2.75) is 0 Å². The van der Waals surface area contributed by atoms with Crippen LogP contribution < -0.4 is 10.5 Å². The van der Waals surface area contributed by atoms with E-state index in [4.69, 9.17) is 23.2 Å². The highest BCUT2D eigenvalue weighted by molar-refractivity contribution is 6.18. The van der Waals surface area contributed by atoms with Gasteiger partial charge in [0, 0.05) is 36.1 Å². The molecule has 1 heterocycles. The number of nitrogens with one attached hydrogen (secondary N) is 1. The number of fused-ring (bicyclic) bond motifs is 1. The zero-order chi connectivity index (χ0) is 16.9. The average molecular weight is 362 g/mol. The highest BCUT2D eigenvalue weighted by atomic mass is 35.5. The van der Waals surface area contributed by atoms with E-state index in [2.05, 4.69) is 14.9 Å². The molecular formula is C18H17Cl2N3O. The van der Waals surface area contributed by atoms with Crippen LogP contribution in [0.4, 0.5) is 5.69 Å². The van der Waals surface area contributed by atoms with Crippen molar-refractivity contribution in [3.63, 3.8) is 0 Å². The molecular weight excluding hydrogens is 345 g/mol. The molecule has 3 aromatic rings. The smallest absolute Gasteiger partial charge is 0.259 e. The lowest BCUT2D eigenvalue weighted by Gasteiger charge is -2.22. The zero-order valence-corrected chi connectivity index (χ0v) is 14.5. The van der Waals surface area contributed by atoms with Crippen molar-refractivity contribution in [3.8, 4) is 11.4 Å². The van der Waals surface area contributed by atoms with Gasteiger partial charge in [-0.1, -0.05) is 12.1 Å². The molecule has 0 aliphatic heterocycles. The number of anilines is 1. The van der Waals surface area contributed by atoms with Crippen LogP contribution in [0.1, 0.15) is 0 Å². The third-order valence-electron chi connectivity index (χ3n) is 3.83. The summed E-state index contributed by atoms with van der Waals surface area (Å²) < 4.78 is 0. The summed E-state index contributed by atoms with van der Waals surface area (Å²) in [5.41, 5.74) is 2.46. The summed E-state index contributed by atoms with van der Waals surface area (Å²) in [5, 5.41) is 0.591. The number of para-hydroxylation sites is 1. The standard InChI is InChI=1S/C18H17Cl2N3O/c19-9-11-23(12-10-20)14-7-5-13(6-8-14)17-21-16-4-2-1-3-15(16)18(24)22-17/h1-8H,9-12H2,(H,21,22,24). The summed E-state index contributed by atoms with van der Waals surface area (Å²) in [6.45, 7) is 1.47. The Morgan fingerprint density at radius 2 is 1.62 bits per heavy atom. The second-order valence-corrected chi connectivity index (χ2v) is 6.10. The van der Waals surface area contributed by atoms with Crippen LogP contribution in [-0.4, -0.2) is 34.8 Å². The molecule has 6 heteroatoms. The van der Waals surface area contributed by atoms with Gasteiger partial charge in [0.15, 0.2) is 0 Å². The first-order chi connectivity index (χ1) is 11.7. The van der Waals surface area contributed by atoms with Crippen LogP contribution in [0, 0.1) is 0 Å². The molecule has 0 bridgehead atoms. The van der Waals surface area contributed by atoms with E-state index in [1.807, 2.05) is 42.5 Å². The van der Waals surface area contributed by atoms with Crippen LogP contribution in [0.25, 0.3) is 22.3 Å². The van der Waals surface area contributed by atoms with Crippen molar-refractivity contribution in [1.82, 2.24) is 9.97 Å². The minimum absolute atomic E-state index is 0.134. The quantitative estimate of drug-likeness (QED) is 0.677. The summed E-state index contributed by atoms with van der Waals surface area (Å²) in [5.74, 6) is 1.64. The second kappa shape index (κ2) is 7.69. The first kappa shape index (κ1) is 16.8. The molecule has 0 aliphatic carbocycles. The number of hydrogen-bond acceptors (Lipinski definition) is 3. The van der Waals surface area contributed by atoms with Gasteiger partial charge >= 0.3 is 0 Å². The predicted molar refractivity (Wildman–Crippen MR) is 101 cm³/mol. The fourth-order valence-electron chi connectivity index (χ4n) is 2.63. The molecule has 2 aromatic carbocycles. The average Bonchev–Trinajstić information content (AvgIpc) is 2.62. The largest absolute Gasteiger partial charge is 0.369 e. The second-order valence-electron chi connectivity index (χ2n) is 5.34. The molecule has 0 aliphatic rings. The van der Waals surface area contributed by atoms with E-state index in [0.29, 0.717) is 28.5 Å². The lowest BCUT2D eigenvalue weighted by Crippen LogP contribution is -2.27. The van der Waals surface area contributed by atoms with E-state index in [1.165, 1.54) is 0 Å². The van der Waals surface area contributed by atoms with Gasteiger partial charge in [0.1, 0.15) is 5.82 Å². The van der Waals surface area contributed by atoms with Gasteiger partial charge in [0.2, 0.25) is 0 Å². The van der Waals surface area contributed by atoms with Gasteiger partial charge < -0.3 is 9.88 Å². The van der Waals surface area contributed by atoms with Crippen LogP contribution in [0.5, 0.6) is 0 Å². The molecule has 0 spiro atoms. The number of nitrogens with zero attached hydrogens (tertiary/aromatic N) is 2. The Kier molecular flexibility index (Phi) is 5.38. The maximum absolute atomic E-state index is 12.2. The van der Waals surface area contributed by atoms with E-state index in [9.17, 15) is 4.79 Å². The van der Waals surface area contributed by atoms with Crippen LogP contribution in [-0.2, 0) is 0 Å². The fraction of sp³-hybridized carbons (Fsp3) is 0.222. The number of hydrogen-bond donors (Lipinski definition) is 1. The van der Waals surface area contributed by atoms with Gasteiger partial charge in [0.05, 0.1) is 10.9 Å². The molecule has 124 valence electrons. The number of aromatic amines is 1. The Balaban J connectivity index is 1.94. The normalized spacial score (nSPS) is 10.9. The van der Waals surface area contributed by atoms with E-state index in [1.54, 1.807) is 6.07 Å². The number of benzene rings is 2. The van der Waals surface area contributed by atoms with E-state index in [0.717, 1.165) is 24.3 Å². The maximum Gasteiger partial charge on any atom is 0.259 e. The minimum Gasteiger partial charge on any atom is -0.369 e. The SMILES string of the molecule is O=c1[nH]c(-c2ccc(N(CCCl)CCCl)cc2)nc2ccccc12. The monoisotopic (exact) mass is 361 g/mol. The molecule has 1 aromatic heterocycles. The Morgan fingerprint density at radius 1 is 0.958 bits per heavy atom. The van der Waals surface area contributed by atoms with Crippen molar-refractivity contribution in [3.05, 3.63) is 58.9 Å². The van der Waals surface area contributed by atoms with Crippen LogP contribution in [0.3, 0.4) is 0 Å². The van der Waals surface area contributed by atoms with Gasteiger partial charge in [-0.05, 0) is 36.4 Å². The van der Waals surface area contributed by atoms with Gasteiger partial charge in [-0.2, -0.15) is 0 Å². The number of rotatable bonds is 6. The van der Waals surface area contributed by atoms with Crippen LogP contribution in [0.15, 0.2) is 53.3 Å². The molecule has 1 N–H and O–H groups in total. The Bertz CT molecular complexity index is 871. The predicted octanol–water partition coefficient (Wildman–Crippen LogP) is 3.87. The van der Waals surface area contributed by atoms with Gasteiger partial charge in [-0.25, -0.2) is 4.98 Å². The van der Waals surface area contributed by atoms with Gasteiger partial charge in [0.25, 0.3) is 5.56 Å². The highest BCUT2D eigenvalue weighted by Gasteiger charge is 2.08. The number of halogens is 2. The molecule has 4 nitrogen and oxygen atoms in total. The van der Waals surface area contributed by atoms with E-state index in [-0.39, 0.29) is 5.56 Å². The fourth-order valence-corrected chi connectivity index (χ4v) is 3.04. The lowest BCUT2D eigenvalue weighted by atomic mass is 10.1. The molecule has 0 saturated carbocycles. The summed E-state index contributed by atoms with van der Waals surface area (Å²) >= 11 is 11.7. The number of H-pyrrole nitrogens is 1. The highest BCUT2D eigenvalue weighted by Crippen LogP contribution is 2.21. The summed E-state index contributed by atoms with van der Waals surface area (Å²) in [6.07, 6.45) is 0.